The first-order valence-corrected chi connectivity index (χ1v) is 10.1. The van der Waals surface area contributed by atoms with E-state index in [1.807, 2.05) is 26.0 Å². The van der Waals surface area contributed by atoms with Crippen molar-refractivity contribution in [2.45, 2.75) is 26.4 Å². The lowest BCUT2D eigenvalue weighted by Crippen LogP contribution is -2.40. The third-order valence-electron chi connectivity index (χ3n) is 5.00. The first kappa shape index (κ1) is 21.4. The van der Waals surface area contributed by atoms with Crippen molar-refractivity contribution in [3.05, 3.63) is 60.2 Å². The summed E-state index contributed by atoms with van der Waals surface area (Å²) in [6, 6.07) is 16.2. The lowest BCUT2D eigenvalue weighted by molar-refractivity contribution is -0.160. The van der Waals surface area contributed by atoms with Crippen molar-refractivity contribution in [3.8, 4) is 5.75 Å². The summed E-state index contributed by atoms with van der Waals surface area (Å²) in [6.45, 7) is 4.89. The van der Waals surface area contributed by atoms with Crippen LogP contribution in [0.3, 0.4) is 0 Å². The van der Waals surface area contributed by atoms with E-state index >= 15 is 0 Å². The average Bonchev–Trinajstić information content (AvgIpc) is 2.78. The summed E-state index contributed by atoms with van der Waals surface area (Å²) >= 11 is 0. The van der Waals surface area contributed by atoms with Gasteiger partial charge in [-0.1, -0.05) is 42.5 Å². The molecule has 0 saturated heterocycles. The molecule has 1 aliphatic heterocycles. The second-order valence-electron chi connectivity index (χ2n) is 6.84. The molecular formula is C23H26N2O5. The fourth-order valence-corrected chi connectivity index (χ4v) is 3.38. The Morgan fingerprint density at radius 3 is 2.43 bits per heavy atom. The van der Waals surface area contributed by atoms with Crippen molar-refractivity contribution >= 4 is 23.5 Å². The van der Waals surface area contributed by atoms with Gasteiger partial charge < -0.3 is 19.3 Å². The van der Waals surface area contributed by atoms with Crippen LogP contribution in [0.1, 0.15) is 31.9 Å². The van der Waals surface area contributed by atoms with E-state index in [1.165, 1.54) is 4.90 Å². The van der Waals surface area contributed by atoms with Gasteiger partial charge in [0.05, 0.1) is 12.1 Å². The Kier molecular flexibility index (Phi) is 7.06. The second kappa shape index (κ2) is 9.91. The normalized spacial score (nSPS) is 13.8. The molecule has 2 amide bonds. The topological polar surface area (TPSA) is 76.2 Å². The van der Waals surface area contributed by atoms with Crippen LogP contribution >= 0.6 is 0 Å². The molecule has 1 aliphatic rings. The van der Waals surface area contributed by atoms with Gasteiger partial charge in [-0.15, -0.1) is 0 Å². The van der Waals surface area contributed by atoms with Crippen LogP contribution in [0.5, 0.6) is 5.75 Å². The van der Waals surface area contributed by atoms with Crippen molar-refractivity contribution in [2.75, 3.05) is 31.1 Å². The SMILES string of the molecule is CCN(CC)C(=O)[C@H](OC(=O)CCN1C(=O)COc2ccccc21)c1ccccc1. The van der Waals surface area contributed by atoms with E-state index in [1.54, 1.807) is 47.4 Å². The second-order valence-corrected chi connectivity index (χ2v) is 6.84. The van der Waals surface area contributed by atoms with Gasteiger partial charge >= 0.3 is 5.97 Å². The Labute approximate surface area is 176 Å². The number of hydrogen-bond donors (Lipinski definition) is 0. The Bertz CT molecular complexity index is 895. The van der Waals surface area contributed by atoms with Gasteiger partial charge in [-0.2, -0.15) is 0 Å². The van der Waals surface area contributed by atoms with E-state index in [0.29, 0.717) is 30.1 Å². The number of hydrogen-bond acceptors (Lipinski definition) is 5. The van der Waals surface area contributed by atoms with Gasteiger partial charge in [0.15, 0.2) is 6.61 Å². The van der Waals surface area contributed by atoms with Gasteiger partial charge in [-0.05, 0) is 26.0 Å². The highest BCUT2D eigenvalue weighted by Gasteiger charge is 2.30. The minimum Gasteiger partial charge on any atom is -0.482 e. The Hall–Kier alpha value is -3.35. The maximum atomic E-state index is 12.9. The molecule has 0 aliphatic carbocycles. The lowest BCUT2D eigenvalue weighted by atomic mass is 10.1. The van der Waals surface area contributed by atoms with Crippen LogP contribution in [-0.2, 0) is 19.1 Å². The summed E-state index contributed by atoms with van der Waals surface area (Å²) in [5.41, 5.74) is 1.25. The predicted octanol–water partition coefficient (Wildman–Crippen LogP) is 2.96. The summed E-state index contributed by atoms with van der Waals surface area (Å²) in [4.78, 5) is 41.0. The van der Waals surface area contributed by atoms with E-state index in [0.717, 1.165) is 0 Å². The molecule has 1 atom stereocenters. The third-order valence-corrected chi connectivity index (χ3v) is 5.00. The highest BCUT2D eigenvalue weighted by molar-refractivity contribution is 5.98. The number of benzene rings is 2. The molecule has 7 heteroatoms. The minimum atomic E-state index is -1.01. The number of esters is 1. The molecule has 0 N–H and O–H groups in total. The zero-order chi connectivity index (χ0) is 21.5. The number of fused-ring (bicyclic) bond motifs is 1. The first-order valence-electron chi connectivity index (χ1n) is 10.1. The number of carbonyl (C=O) groups excluding carboxylic acids is 3. The smallest absolute Gasteiger partial charge is 0.308 e. The number of anilines is 1. The minimum absolute atomic E-state index is 0.0328. The van der Waals surface area contributed by atoms with Gasteiger partial charge in [0.2, 0.25) is 6.10 Å². The molecule has 0 fully saturated rings. The average molecular weight is 410 g/mol. The molecule has 7 nitrogen and oxygen atoms in total. The summed E-state index contributed by atoms with van der Waals surface area (Å²) < 4.78 is 11.0. The number of para-hydroxylation sites is 2. The van der Waals surface area contributed by atoms with Gasteiger partial charge in [-0.3, -0.25) is 14.4 Å². The molecule has 0 bridgehead atoms. The van der Waals surface area contributed by atoms with Crippen LogP contribution in [-0.4, -0.2) is 48.9 Å². The standard InChI is InChI=1S/C23H26N2O5/c1-3-24(4-2)23(28)22(17-10-6-5-7-11-17)30-21(27)14-15-25-18-12-8-9-13-19(18)29-16-20(25)26/h5-13,22H,3-4,14-16H2,1-2H3/t22-/m1/s1. The maximum absolute atomic E-state index is 12.9. The number of ether oxygens (including phenoxy) is 2. The number of carbonyl (C=O) groups is 3. The zero-order valence-corrected chi connectivity index (χ0v) is 17.2. The highest BCUT2D eigenvalue weighted by Crippen LogP contribution is 2.31. The van der Waals surface area contributed by atoms with E-state index < -0.39 is 12.1 Å². The Balaban J connectivity index is 1.71. The quantitative estimate of drug-likeness (QED) is 0.626. The lowest BCUT2D eigenvalue weighted by Gasteiger charge is -2.29. The molecule has 0 saturated carbocycles. The van der Waals surface area contributed by atoms with E-state index in [-0.39, 0.29) is 31.4 Å². The monoisotopic (exact) mass is 410 g/mol. The van der Waals surface area contributed by atoms with Gasteiger partial charge in [0.1, 0.15) is 5.75 Å². The van der Waals surface area contributed by atoms with Gasteiger partial charge in [0.25, 0.3) is 11.8 Å². The molecule has 30 heavy (non-hydrogen) atoms. The summed E-state index contributed by atoms with van der Waals surface area (Å²) in [7, 11) is 0. The molecule has 0 aromatic heterocycles. The number of nitrogens with zero attached hydrogens (tertiary/aromatic N) is 2. The largest absolute Gasteiger partial charge is 0.482 e. The molecular weight excluding hydrogens is 384 g/mol. The molecule has 158 valence electrons. The van der Waals surface area contributed by atoms with Crippen molar-refractivity contribution in [3.63, 3.8) is 0 Å². The molecule has 2 aromatic rings. The zero-order valence-electron chi connectivity index (χ0n) is 17.2. The number of rotatable bonds is 8. The molecule has 1 heterocycles. The fourth-order valence-electron chi connectivity index (χ4n) is 3.38. The summed E-state index contributed by atoms with van der Waals surface area (Å²) in [6.07, 6.45) is -1.04. The molecule has 0 unspecified atom stereocenters. The Morgan fingerprint density at radius 1 is 1.07 bits per heavy atom. The van der Waals surface area contributed by atoms with E-state index in [4.69, 9.17) is 9.47 Å². The van der Waals surface area contributed by atoms with Crippen LogP contribution < -0.4 is 9.64 Å². The van der Waals surface area contributed by atoms with Crippen molar-refractivity contribution in [1.82, 2.24) is 4.90 Å². The van der Waals surface area contributed by atoms with Crippen LogP contribution in [0.4, 0.5) is 5.69 Å². The first-order chi connectivity index (χ1) is 14.5. The molecule has 0 radical (unpaired) electrons. The summed E-state index contributed by atoms with van der Waals surface area (Å²) in [5, 5.41) is 0. The van der Waals surface area contributed by atoms with Crippen LogP contribution in [0, 0.1) is 0 Å². The molecule has 0 spiro atoms. The Morgan fingerprint density at radius 2 is 1.73 bits per heavy atom. The fraction of sp³-hybridized carbons (Fsp3) is 0.348. The molecule has 3 rings (SSSR count). The number of amides is 2. The van der Waals surface area contributed by atoms with Gasteiger partial charge in [-0.25, -0.2) is 0 Å². The maximum Gasteiger partial charge on any atom is 0.308 e. The van der Waals surface area contributed by atoms with E-state index in [2.05, 4.69) is 0 Å². The van der Waals surface area contributed by atoms with Crippen molar-refractivity contribution < 1.29 is 23.9 Å². The predicted molar refractivity (Wildman–Crippen MR) is 112 cm³/mol. The summed E-state index contributed by atoms with van der Waals surface area (Å²) in [5.74, 6) is -0.418. The highest BCUT2D eigenvalue weighted by atomic mass is 16.5. The van der Waals surface area contributed by atoms with Crippen molar-refractivity contribution in [1.29, 1.82) is 0 Å². The van der Waals surface area contributed by atoms with Crippen LogP contribution in [0.2, 0.25) is 0 Å². The van der Waals surface area contributed by atoms with Crippen LogP contribution in [0.15, 0.2) is 54.6 Å². The molecule has 2 aromatic carbocycles. The van der Waals surface area contributed by atoms with E-state index in [9.17, 15) is 14.4 Å². The number of likely N-dealkylation sites (N-methyl/N-ethyl adjacent to an activating group) is 1. The third kappa shape index (κ3) is 4.79. The van der Waals surface area contributed by atoms with Gasteiger partial charge in [0, 0.05) is 25.2 Å². The van der Waals surface area contributed by atoms with Crippen molar-refractivity contribution in [2.24, 2.45) is 0 Å². The van der Waals surface area contributed by atoms with Crippen LogP contribution in [0.25, 0.3) is 0 Å².